The number of nitrogens with zero attached hydrogens (tertiary/aromatic N) is 2. The molecule has 0 radical (unpaired) electrons. The number of nitrogens with one attached hydrogen (secondary N) is 1. The molecule has 0 aliphatic carbocycles. The monoisotopic (exact) mass is 423 g/mol. The van der Waals surface area contributed by atoms with E-state index in [0.717, 1.165) is 5.56 Å². The van der Waals surface area contributed by atoms with Crippen LogP contribution in [0.3, 0.4) is 0 Å². The van der Waals surface area contributed by atoms with Gasteiger partial charge >= 0.3 is 5.97 Å². The molecule has 28 heavy (non-hydrogen) atoms. The van der Waals surface area contributed by atoms with Crippen LogP contribution in [0.4, 0.5) is 0 Å². The Balaban J connectivity index is 1.87. The minimum absolute atomic E-state index is 0.0974. The third-order valence-corrected chi connectivity index (χ3v) is 5.02. The Kier molecular flexibility index (Phi) is 6.07. The van der Waals surface area contributed by atoms with E-state index in [0.29, 0.717) is 34.7 Å². The van der Waals surface area contributed by atoms with Gasteiger partial charge in [0.2, 0.25) is 5.71 Å². The number of aryl methyl sites for hydroxylation is 1. The zero-order valence-electron chi connectivity index (χ0n) is 15.6. The Morgan fingerprint density at radius 1 is 1.32 bits per heavy atom. The van der Waals surface area contributed by atoms with Gasteiger partial charge in [0.1, 0.15) is 22.5 Å². The molecule has 148 valence electrons. The van der Waals surface area contributed by atoms with Crippen LogP contribution in [-0.4, -0.2) is 34.5 Å². The molecule has 1 aromatic carbocycles. The van der Waals surface area contributed by atoms with Gasteiger partial charge in [0.25, 0.3) is 5.56 Å². The van der Waals surface area contributed by atoms with E-state index in [2.05, 4.69) is 9.97 Å². The van der Waals surface area contributed by atoms with Gasteiger partial charge in [-0.2, -0.15) is 4.98 Å². The first kappa shape index (κ1) is 20.4. The van der Waals surface area contributed by atoms with E-state index in [1.54, 1.807) is 19.9 Å². The third-order valence-electron chi connectivity index (χ3n) is 4.16. The van der Waals surface area contributed by atoms with E-state index in [4.69, 9.17) is 32.4 Å². The predicted octanol–water partition coefficient (Wildman–Crippen LogP) is 3.94. The van der Waals surface area contributed by atoms with Gasteiger partial charge in [-0.05, 0) is 32.5 Å². The highest BCUT2D eigenvalue weighted by Gasteiger charge is 2.23. The quantitative estimate of drug-likeness (QED) is 0.603. The number of esters is 1. The molecule has 0 amide bonds. The van der Waals surface area contributed by atoms with Crippen molar-refractivity contribution in [1.29, 1.82) is 0 Å². The van der Waals surface area contributed by atoms with Gasteiger partial charge in [0, 0.05) is 6.54 Å². The standard InChI is InChI=1S/C19H19Cl2N3O4/c1-4-27-19(26)14-10(2)28-18-15(14)17(25)22-13(23-18)9-24(3)8-11-6-5-7-12(20)16(11)21/h5-7H,4,8-9H2,1-3H3,(H,22,23,25). The molecule has 0 bridgehead atoms. The number of hydrogen-bond acceptors (Lipinski definition) is 6. The maximum Gasteiger partial charge on any atom is 0.342 e. The van der Waals surface area contributed by atoms with Crippen LogP contribution < -0.4 is 5.56 Å². The van der Waals surface area contributed by atoms with Gasteiger partial charge in [-0.15, -0.1) is 0 Å². The van der Waals surface area contributed by atoms with Crippen LogP contribution in [-0.2, 0) is 17.8 Å². The number of ether oxygens (including phenoxy) is 1. The summed E-state index contributed by atoms with van der Waals surface area (Å²) in [7, 11) is 1.86. The fourth-order valence-electron chi connectivity index (χ4n) is 2.96. The minimum Gasteiger partial charge on any atom is -0.462 e. The molecule has 0 unspecified atom stereocenters. The molecule has 0 atom stereocenters. The summed E-state index contributed by atoms with van der Waals surface area (Å²) < 4.78 is 10.5. The summed E-state index contributed by atoms with van der Waals surface area (Å²) in [5.74, 6) is 0.0940. The predicted molar refractivity (Wildman–Crippen MR) is 107 cm³/mol. The highest BCUT2D eigenvalue weighted by atomic mass is 35.5. The molecule has 7 nitrogen and oxygen atoms in total. The van der Waals surface area contributed by atoms with Crippen LogP contribution in [0, 0.1) is 6.92 Å². The molecular weight excluding hydrogens is 405 g/mol. The largest absolute Gasteiger partial charge is 0.462 e. The number of carbonyl (C=O) groups excluding carboxylic acids is 1. The van der Waals surface area contributed by atoms with Crippen LogP contribution in [0.1, 0.15) is 34.4 Å². The van der Waals surface area contributed by atoms with Gasteiger partial charge < -0.3 is 14.1 Å². The molecule has 2 heterocycles. The SMILES string of the molecule is CCOC(=O)c1c(C)oc2nc(CN(C)Cc3cccc(Cl)c3Cl)[nH]c(=O)c12. The van der Waals surface area contributed by atoms with Crippen LogP contribution in [0.25, 0.3) is 11.1 Å². The zero-order chi connectivity index (χ0) is 20.4. The fraction of sp³-hybridized carbons (Fsp3) is 0.316. The Labute approximate surface area is 171 Å². The number of halogens is 2. The average molecular weight is 424 g/mol. The van der Waals surface area contributed by atoms with Gasteiger partial charge in [-0.25, -0.2) is 4.79 Å². The number of furan rings is 1. The zero-order valence-corrected chi connectivity index (χ0v) is 17.1. The van der Waals surface area contributed by atoms with Crippen molar-refractivity contribution < 1.29 is 13.9 Å². The van der Waals surface area contributed by atoms with Crippen molar-refractivity contribution in [3.8, 4) is 0 Å². The van der Waals surface area contributed by atoms with Crippen LogP contribution in [0.5, 0.6) is 0 Å². The number of hydrogen-bond donors (Lipinski definition) is 1. The van der Waals surface area contributed by atoms with E-state index in [1.165, 1.54) is 0 Å². The molecule has 2 aromatic heterocycles. The second-order valence-electron chi connectivity index (χ2n) is 6.33. The van der Waals surface area contributed by atoms with E-state index in [1.807, 2.05) is 24.1 Å². The lowest BCUT2D eigenvalue weighted by molar-refractivity contribution is 0.0526. The number of benzene rings is 1. The minimum atomic E-state index is -0.605. The van der Waals surface area contributed by atoms with Crippen molar-refractivity contribution in [3.05, 3.63) is 61.3 Å². The summed E-state index contributed by atoms with van der Waals surface area (Å²) in [5, 5.41) is 1.08. The number of aromatic amines is 1. The van der Waals surface area contributed by atoms with Gasteiger partial charge in [0.05, 0.1) is 23.2 Å². The molecule has 0 saturated carbocycles. The highest BCUT2D eigenvalue weighted by molar-refractivity contribution is 6.42. The van der Waals surface area contributed by atoms with Crippen LogP contribution in [0.15, 0.2) is 27.4 Å². The number of rotatable bonds is 6. The summed E-state index contributed by atoms with van der Waals surface area (Å²) in [6.45, 7) is 4.33. The molecule has 0 saturated heterocycles. The Bertz CT molecular complexity index is 1090. The number of fused-ring (bicyclic) bond motifs is 1. The highest BCUT2D eigenvalue weighted by Crippen LogP contribution is 2.26. The van der Waals surface area contributed by atoms with Crippen LogP contribution >= 0.6 is 23.2 Å². The smallest absolute Gasteiger partial charge is 0.342 e. The number of carbonyl (C=O) groups is 1. The molecule has 0 aliphatic rings. The Hall–Kier alpha value is -2.35. The van der Waals surface area contributed by atoms with Crippen molar-refractivity contribution in [2.24, 2.45) is 0 Å². The van der Waals surface area contributed by atoms with E-state index < -0.39 is 11.5 Å². The van der Waals surface area contributed by atoms with Gasteiger partial charge in [0.15, 0.2) is 0 Å². The maximum atomic E-state index is 12.6. The molecule has 3 aromatic rings. The van der Waals surface area contributed by atoms with Crippen molar-refractivity contribution in [3.63, 3.8) is 0 Å². The third kappa shape index (κ3) is 4.06. The van der Waals surface area contributed by atoms with Crippen LogP contribution in [0.2, 0.25) is 10.0 Å². The molecule has 0 fully saturated rings. The lowest BCUT2D eigenvalue weighted by atomic mass is 10.2. The average Bonchev–Trinajstić information content (AvgIpc) is 2.95. The van der Waals surface area contributed by atoms with Crippen molar-refractivity contribution in [1.82, 2.24) is 14.9 Å². The molecule has 0 spiro atoms. The summed E-state index contributed by atoms with van der Waals surface area (Å²) in [5.41, 5.74) is 0.623. The van der Waals surface area contributed by atoms with Crippen molar-refractivity contribution >= 4 is 40.3 Å². The van der Waals surface area contributed by atoms with E-state index in [9.17, 15) is 9.59 Å². The topological polar surface area (TPSA) is 88.4 Å². The van der Waals surface area contributed by atoms with Gasteiger partial charge in [-0.3, -0.25) is 9.69 Å². The van der Waals surface area contributed by atoms with E-state index in [-0.39, 0.29) is 23.3 Å². The molecule has 9 heteroatoms. The molecule has 0 aliphatic heterocycles. The maximum absolute atomic E-state index is 12.6. The van der Waals surface area contributed by atoms with E-state index >= 15 is 0 Å². The van der Waals surface area contributed by atoms with Gasteiger partial charge in [-0.1, -0.05) is 35.3 Å². The summed E-state index contributed by atoms with van der Waals surface area (Å²) in [6.07, 6.45) is 0. The van der Waals surface area contributed by atoms with Crippen molar-refractivity contribution in [2.45, 2.75) is 26.9 Å². The molecule has 1 N–H and O–H groups in total. The lowest BCUT2D eigenvalue weighted by Gasteiger charge is -2.17. The summed E-state index contributed by atoms with van der Waals surface area (Å²) >= 11 is 12.3. The fourth-order valence-corrected chi connectivity index (χ4v) is 3.34. The Morgan fingerprint density at radius 3 is 2.79 bits per heavy atom. The molecular formula is C19H19Cl2N3O4. The second kappa shape index (κ2) is 8.34. The Morgan fingerprint density at radius 2 is 2.07 bits per heavy atom. The first-order chi connectivity index (χ1) is 13.3. The second-order valence-corrected chi connectivity index (χ2v) is 7.12. The summed E-state index contributed by atoms with van der Waals surface area (Å²) in [4.78, 5) is 33.7. The summed E-state index contributed by atoms with van der Waals surface area (Å²) in [6, 6.07) is 5.43. The van der Waals surface area contributed by atoms with Crippen molar-refractivity contribution in [2.75, 3.05) is 13.7 Å². The first-order valence-corrected chi connectivity index (χ1v) is 9.38. The first-order valence-electron chi connectivity index (χ1n) is 8.62. The molecule has 3 rings (SSSR count). The normalized spacial score (nSPS) is 11.4. The number of aromatic nitrogens is 2. The lowest BCUT2D eigenvalue weighted by Crippen LogP contribution is -2.22. The number of H-pyrrole nitrogens is 1.